The summed E-state index contributed by atoms with van der Waals surface area (Å²) in [5, 5.41) is 7.41. The highest BCUT2D eigenvalue weighted by Crippen LogP contribution is 2.24. The zero-order valence-electron chi connectivity index (χ0n) is 13.4. The molecule has 2 N–H and O–H groups in total. The molecule has 2 aromatic heterocycles. The van der Waals surface area contributed by atoms with Gasteiger partial charge in [0.25, 0.3) is 0 Å². The monoisotopic (exact) mass is 372 g/mol. The smallest absolute Gasteiger partial charge is 0.319 e. The van der Waals surface area contributed by atoms with E-state index in [1.54, 1.807) is 25.3 Å². The first kappa shape index (κ1) is 17.2. The quantitative estimate of drug-likeness (QED) is 0.631. The van der Waals surface area contributed by atoms with Gasteiger partial charge in [-0.05, 0) is 35.7 Å². The molecule has 2 heterocycles. The molecule has 0 aliphatic heterocycles. The van der Waals surface area contributed by atoms with Crippen molar-refractivity contribution in [2.24, 2.45) is 0 Å². The van der Waals surface area contributed by atoms with E-state index in [9.17, 15) is 9.59 Å². The van der Waals surface area contributed by atoms with Gasteiger partial charge in [-0.15, -0.1) is 22.7 Å². The fourth-order valence-corrected chi connectivity index (χ4v) is 3.85. The predicted octanol–water partition coefficient (Wildman–Crippen LogP) is 4.37. The van der Waals surface area contributed by atoms with Crippen LogP contribution in [0.3, 0.4) is 0 Å². The number of rotatable bonds is 6. The highest BCUT2D eigenvalue weighted by molar-refractivity contribution is 7.16. The molecule has 3 rings (SSSR count). The summed E-state index contributed by atoms with van der Waals surface area (Å²) in [6.45, 7) is 0.351. The van der Waals surface area contributed by atoms with Crippen molar-refractivity contribution in [1.29, 1.82) is 0 Å². The third-order valence-electron chi connectivity index (χ3n) is 3.41. The summed E-state index contributed by atoms with van der Waals surface area (Å²) in [5.74, 6) is 0.613. The van der Waals surface area contributed by atoms with Crippen molar-refractivity contribution in [1.82, 2.24) is 5.32 Å². The van der Waals surface area contributed by atoms with Gasteiger partial charge in [-0.3, -0.25) is 4.79 Å². The van der Waals surface area contributed by atoms with Crippen molar-refractivity contribution in [3.05, 3.63) is 68.5 Å². The lowest BCUT2D eigenvalue weighted by atomic mass is 10.3. The molecular formula is C18H16N2O3S2. The van der Waals surface area contributed by atoms with Crippen LogP contribution in [-0.2, 0) is 6.54 Å². The Bertz CT molecular complexity index is 872. The zero-order valence-corrected chi connectivity index (χ0v) is 15.1. The van der Waals surface area contributed by atoms with Crippen LogP contribution in [0.5, 0.6) is 5.75 Å². The summed E-state index contributed by atoms with van der Waals surface area (Å²) in [5.41, 5.74) is 0.599. The predicted molar refractivity (Wildman–Crippen MR) is 101 cm³/mol. The van der Waals surface area contributed by atoms with Crippen molar-refractivity contribution in [3.63, 3.8) is 0 Å². The van der Waals surface area contributed by atoms with E-state index in [-0.39, 0.29) is 11.8 Å². The van der Waals surface area contributed by atoms with E-state index in [0.717, 1.165) is 9.75 Å². The molecule has 0 spiro atoms. The summed E-state index contributed by atoms with van der Waals surface area (Å²) < 4.78 is 5.20. The SMILES string of the molecule is COc1ccccc1NC(=O)NCc1ccc(C(=O)c2cccs2)s1. The van der Waals surface area contributed by atoms with Crippen LogP contribution in [0.1, 0.15) is 19.4 Å². The molecule has 0 radical (unpaired) electrons. The number of para-hydroxylation sites is 2. The van der Waals surface area contributed by atoms with E-state index < -0.39 is 0 Å². The van der Waals surface area contributed by atoms with Crippen LogP contribution in [0.25, 0.3) is 0 Å². The van der Waals surface area contributed by atoms with E-state index in [1.165, 1.54) is 22.7 Å². The number of methoxy groups -OCH3 is 1. The number of benzene rings is 1. The molecule has 0 atom stereocenters. The fourth-order valence-electron chi connectivity index (χ4n) is 2.21. The minimum Gasteiger partial charge on any atom is -0.495 e. The maximum absolute atomic E-state index is 12.3. The molecule has 0 unspecified atom stereocenters. The van der Waals surface area contributed by atoms with Crippen LogP contribution in [0.2, 0.25) is 0 Å². The van der Waals surface area contributed by atoms with Crippen LogP contribution in [0, 0.1) is 0 Å². The number of thiophene rings is 2. The first-order valence-electron chi connectivity index (χ1n) is 7.52. The Labute approximate surface area is 153 Å². The fraction of sp³-hybridized carbons (Fsp3) is 0.111. The number of nitrogens with one attached hydrogen (secondary N) is 2. The van der Waals surface area contributed by atoms with Crippen molar-refractivity contribution < 1.29 is 14.3 Å². The molecule has 0 fully saturated rings. The molecule has 2 amide bonds. The van der Waals surface area contributed by atoms with Gasteiger partial charge in [-0.1, -0.05) is 18.2 Å². The Hall–Kier alpha value is -2.64. The molecule has 3 aromatic rings. The first-order chi connectivity index (χ1) is 12.2. The molecule has 1 aromatic carbocycles. The Kier molecular flexibility index (Phi) is 5.47. The molecule has 7 heteroatoms. The van der Waals surface area contributed by atoms with Gasteiger partial charge in [0.1, 0.15) is 5.75 Å². The molecule has 0 saturated carbocycles. The minimum atomic E-state index is -0.330. The number of ether oxygens (including phenoxy) is 1. The van der Waals surface area contributed by atoms with Crippen molar-refractivity contribution in [2.45, 2.75) is 6.54 Å². The van der Waals surface area contributed by atoms with Gasteiger partial charge in [0, 0.05) is 4.88 Å². The highest BCUT2D eigenvalue weighted by Gasteiger charge is 2.13. The summed E-state index contributed by atoms with van der Waals surface area (Å²) in [6.07, 6.45) is 0. The second-order valence-electron chi connectivity index (χ2n) is 5.08. The van der Waals surface area contributed by atoms with E-state index in [2.05, 4.69) is 10.6 Å². The number of ketones is 1. The van der Waals surface area contributed by atoms with Gasteiger partial charge in [0.15, 0.2) is 0 Å². The Morgan fingerprint density at radius 3 is 2.64 bits per heavy atom. The number of urea groups is 1. The van der Waals surface area contributed by atoms with Crippen LogP contribution >= 0.6 is 22.7 Å². The van der Waals surface area contributed by atoms with Gasteiger partial charge < -0.3 is 15.4 Å². The summed E-state index contributed by atoms with van der Waals surface area (Å²) >= 11 is 2.81. The number of hydrogen-bond acceptors (Lipinski definition) is 5. The number of carbonyl (C=O) groups is 2. The Morgan fingerprint density at radius 2 is 1.88 bits per heavy atom. The summed E-state index contributed by atoms with van der Waals surface area (Å²) in [7, 11) is 1.55. The van der Waals surface area contributed by atoms with Crippen LogP contribution in [0.4, 0.5) is 10.5 Å². The van der Waals surface area contributed by atoms with Crippen molar-refractivity contribution >= 4 is 40.2 Å². The van der Waals surface area contributed by atoms with Crippen LogP contribution in [0.15, 0.2) is 53.9 Å². The van der Waals surface area contributed by atoms with Crippen molar-refractivity contribution in [2.75, 3.05) is 12.4 Å². The van der Waals surface area contributed by atoms with E-state index in [1.807, 2.05) is 35.7 Å². The summed E-state index contributed by atoms with van der Waals surface area (Å²) in [6, 6.07) is 14.2. The molecule has 0 aliphatic carbocycles. The topological polar surface area (TPSA) is 67.4 Å². The molecule has 128 valence electrons. The lowest BCUT2D eigenvalue weighted by Crippen LogP contribution is -2.28. The molecule has 0 bridgehead atoms. The lowest BCUT2D eigenvalue weighted by Gasteiger charge is -2.10. The van der Waals surface area contributed by atoms with Crippen molar-refractivity contribution in [3.8, 4) is 5.75 Å². The normalized spacial score (nSPS) is 10.3. The summed E-state index contributed by atoms with van der Waals surface area (Å²) in [4.78, 5) is 26.6. The van der Waals surface area contributed by atoms with Crippen LogP contribution < -0.4 is 15.4 Å². The first-order valence-corrected chi connectivity index (χ1v) is 9.22. The van der Waals surface area contributed by atoms with E-state index in [4.69, 9.17) is 4.74 Å². The standard InChI is InChI=1S/C18H16N2O3S2/c1-23-14-6-3-2-5-13(14)20-18(22)19-11-12-8-9-16(25-12)17(21)15-7-4-10-24-15/h2-10H,11H2,1H3,(H2,19,20,22). The molecule has 0 aliphatic rings. The van der Waals surface area contributed by atoms with E-state index in [0.29, 0.717) is 22.9 Å². The Morgan fingerprint density at radius 1 is 1.04 bits per heavy atom. The zero-order chi connectivity index (χ0) is 17.6. The maximum Gasteiger partial charge on any atom is 0.319 e. The molecular weight excluding hydrogens is 356 g/mol. The van der Waals surface area contributed by atoms with Gasteiger partial charge in [0.05, 0.1) is 29.1 Å². The maximum atomic E-state index is 12.3. The Balaban J connectivity index is 1.57. The molecule has 25 heavy (non-hydrogen) atoms. The number of anilines is 1. The lowest BCUT2D eigenvalue weighted by molar-refractivity contribution is 0.104. The highest BCUT2D eigenvalue weighted by atomic mass is 32.1. The number of carbonyl (C=O) groups excluding carboxylic acids is 2. The average molecular weight is 372 g/mol. The van der Waals surface area contributed by atoms with Gasteiger partial charge in [-0.25, -0.2) is 4.79 Å². The molecule has 5 nitrogen and oxygen atoms in total. The second kappa shape index (κ2) is 7.96. The number of amides is 2. The van der Waals surface area contributed by atoms with Crippen LogP contribution in [-0.4, -0.2) is 18.9 Å². The molecule has 0 saturated heterocycles. The largest absolute Gasteiger partial charge is 0.495 e. The second-order valence-corrected chi connectivity index (χ2v) is 7.20. The third-order valence-corrected chi connectivity index (χ3v) is 5.36. The minimum absolute atomic E-state index is 0.0183. The average Bonchev–Trinajstić information content (AvgIpc) is 3.32. The van der Waals surface area contributed by atoms with Gasteiger partial charge in [-0.2, -0.15) is 0 Å². The third kappa shape index (κ3) is 4.26. The van der Waals surface area contributed by atoms with E-state index >= 15 is 0 Å². The van der Waals surface area contributed by atoms with Gasteiger partial charge >= 0.3 is 6.03 Å². The number of hydrogen-bond donors (Lipinski definition) is 2. The van der Waals surface area contributed by atoms with Gasteiger partial charge in [0.2, 0.25) is 5.78 Å².